The zero-order chi connectivity index (χ0) is 14.3. The lowest BCUT2D eigenvalue weighted by atomic mass is 10.2. The van der Waals surface area contributed by atoms with Crippen LogP contribution in [0.25, 0.3) is 0 Å². The first kappa shape index (κ1) is 18.4. The summed E-state index contributed by atoms with van der Waals surface area (Å²) in [4.78, 5) is 4.04. The quantitative estimate of drug-likeness (QED) is 0.336. The molecule has 20 heavy (non-hydrogen) atoms. The van der Waals surface area contributed by atoms with Gasteiger partial charge in [-0.25, -0.2) is 4.99 Å². The van der Waals surface area contributed by atoms with E-state index in [-0.39, 0.29) is 29.9 Å². The van der Waals surface area contributed by atoms with Crippen LogP contribution in [0, 0.1) is 0 Å². The Morgan fingerprint density at radius 2 is 1.80 bits per heavy atom. The molecule has 7 heteroatoms. The standard InChI is InChI=1S/C13H19N3O3.HI/c1-5-6-15-13(14)16-9-7-10(17-2)12(19-4)11(8-9)18-3;/h5,7-8H,1,6H2,2-4H3,(H3,14,15,16);1H. The topological polar surface area (TPSA) is 78.1 Å². The Bertz CT molecular complexity index is 453. The van der Waals surface area contributed by atoms with E-state index in [0.717, 1.165) is 0 Å². The Morgan fingerprint density at radius 3 is 2.20 bits per heavy atom. The number of halogens is 1. The summed E-state index contributed by atoms with van der Waals surface area (Å²) in [6.07, 6.45) is 1.66. The molecule has 6 nitrogen and oxygen atoms in total. The molecule has 0 aliphatic heterocycles. The zero-order valence-electron chi connectivity index (χ0n) is 11.8. The van der Waals surface area contributed by atoms with Crippen molar-refractivity contribution >= 4 is 35.6 Å². The molecule has 0 aliphatic carbocycles. The van der Waals surface area contributed by atoms with Crippen LogP contribution in [0.5, 0.6) is 17.2 Å². The van der Waals surface area contributed by atoms with Crippen molar-refractivity contribution in [3.05, 3.63) is 24.8 Å². The summed E-state index contributed by atoms with van der Waals surface area (Å²) in [7, 11) is 4.65. The number of rotatable bonds is 6. The van der Waals surface area contributed by atoms with E-state index >= 15 is 0 Å². The van der Waals surface area contributed by atoms with Crippen LogP contribution in [-0.2, 0) is 0 Å². The highest BCUT2D eigenvalue weighted by atomic mass is 127. The number of nitrogens with two attached hydrogens (primary N) is 1. The molecule has 0 fully saturated rings. The number of hydrogen-bond donors (Lipinski definition) is 2. The van der Waals surface area contributed by atoms with Crippen LogP contribution in [0.4, 0.5) is 5.69 Å². The molecular weight excluding hydrogens is 373 g/mol. The number of nitrogens with zero attached hydrogens (tertiary/aromatic N) is 1. The Kier molecular flexibility index (Phi) is 8.53. The summed E-state index contributed by atoms with van der Waals surface area (Å²) in [6, 6.07) is 3.50. The molecule has 0 saturated carbocycles. The van der Waals surface area contributed by atoms with Gasteiger partial charge in [-0.3, -0.25) is 0 Å². The molecule has 0 spiro atoms. The maximum atomic E-state index is 5.72. The molecule has 0 saturated heterocycles. The van der Waals surface area contributed by atoms with Gasteiger partial charge in [-0.2, -0.15) is 0 Å². The Labute approximate surface area is 136 Å². The highest BCUT2D eigenvalue weighted by Crippen LogP contribution is 2.39. The fourth-order valence-corrected chi connectivity index (χ4v) is 1.50. The highest BCUT2D eigenvalue weighted by Gasteiger charge is 2.13. The number of ether oxygens (including phenoxy) is 3. The summed E-state index contributed by atoms with van der Waals surface area (Å²) < 4.78 is 15.7. The molecular formula is C13H20IN3O3. The van der Waals surface area contributed by atoms with Crippen molar-refractivity contribution in [1.29, 1.82) is 0 Å². The number of anilines is 1. The molecule has 0 unspecified atom stereocenters. The minimum atomic E-state index is 0. The predicted octanol–water partition coefficient (Wildman–Crippen LogP) is 2.24. The lowest BCUT2D eigenvalue weighted by Gasteiger charge is -2.14. The fraction of sp³-hybridized carbons (Fsp3) is 0.308. The molecule has 1 aromatic carbocycles. The third-order valence-electron chi connectivity index (χ3n) is 2.33. The number of methoxy groups -OCH3 is 3. The van der Waals surface area contributed by atoms with E-state index in [1.54, 1.807) is 39.5 Å². The van der Waals surface area contributed by atoms with Crippen LogP contribution >= 0.6 is 24.0 Å². The van der Waals surface area contributed by atoms with Crippen LogP contribution in [0.15, 0.2) is 29.8 Å². The number of benzene rings is 1. The van der Waals surface area contributed by atoms with E-state index in [2.05, 4.69) is 16.9 Å². The summed E-state index contributed by atoms with van der Waals surface area (Å²) in [5.41, 5.74) is 6.42. The van der Waals surface area contributed by atoms with Crippen molar-refractivity contribution in [2.24, 2.45) is 10.7 Å². The molecule has 0 atom stereocenters. The second-order valence-electron chi connectivity index (χ2n) is 3.55. The SMILES string of the molecule is C=CCN=C(N)Nc1cc(OC)c(OC)c(OC)c1.I. The molecule has 0 bridgehead atoms. The summed E-state index contributed by atoms with van der Waals surface area (Å²) in [5, 5.41) is 2.94. The Morgan fingerprint density at radius 1 is 1.25 bits per heavy atom. The van der Waals surface area contributed by atoms with Crippen LogP contribution in [0.1, 0.15) is 0 Å². The van der Waals surface area contributed by atoms with Crippen molar-refractivity contribution < 1.29 is 14.2 Å². The van der Waals surface area contributed by atoms with Crippen molar-refractivity contribution in [2.45, 2.75) is 0 Å². The second kappa shape index (κ2) is 9.29. The van der Waals surface area contributed by atoms with Gasteiger partial charge in [0.2, 0.25) is 5.75 Å². The number of nitrogens with one attached hydrogen (secondary N) is 1. The van der Waals surface area contributed by atoms with Gasteiger partial charge in [-0.05, 0) is 0 Å². The Balaban J connectivity index is 0.00000361. The molecule has 0 aromatic heterocycles. The maximum absolute atomic E-state index is 5.72. The van der Waals surface area contributed by atoms with Gasteiger partial charge < -0.3 is 25.3 Å². The number of guanidine groups is 1. The van der Waals surface area contributed by atoms with E-state index in [4.69, 9.17) is 19.9 Å². The summed E-state index contributed by atoms with van der Waals surface area (Å²) in [5.74, 6) is 1.90. The van der Waals surface area contributed by atoms with Crippen molar-refractivity contribution in [2.75, 3.05) is 33.2 Å². The monoisotopic (exact) mass is 393 g/mol. The molecule has 0 aliphatic rings. The predicted molar refractivity (Wildman–Crippen MR) is 91.8 cm³/mol. The molecule has 0 radical (unpaired) electrons. The lowest BCUT2D eigenvalue weighted by molar-refractivity contribution is 0.324. The first-order valence-electron chi connectivity index (χ1n) is 5.64. The fourth-order valence-electron chi connectivity index (χ4n) is 1.50. The van der Waals surface area contributed by atoms with Crippen LogP contribution in [-0.4, -0.2) is 33.8 Å². The summed E-state index contributed by atoms with van der Waals surface area (Å²) in [6.45, 7) is 4.02. The van der Waals surface area contributed by atoms with Crippen LogP contribution < -0.4 is 25.3 Å². The number of aliphatic imine (C=N–C) groups is 1. The average Bonchev–Trinajstić information content (AvgIpc) is 2.43. The third kappa shape index (κ3) is 4.80. The number of hydrogen-bond acceptors (Lipinski definition) is 4. The van der Waals surface area contributed by atoms with Gasteiger partial charge in [0.05, 0.1) is 27.9 Å². The molecule has 112 valence electrons. The van der Waals surface area contributed by atoms with E-state index in [9.17, 15) is 0 Å². The van der Waals surface area contributed by atoms with Crippen LogP contribution in [0.3, 0.4) is 0 Å². The summed E-state index contributed by atoms with van der Waals surface area (Å²) >= 11 is 0. The van der Waals surface area contributed by atoms with Crippen LogP contribution in [0.2, 0.25) is 0 Å². The largest absolute Gasteiger partial charge is 0.493 e. The minimum absolute atomic E-state index is 0. The van der Waals surface area contributed by atoms with Gasteiger partial charge in [-0.15, -0.1) is 30.6 Å². The molecule has 1 rings (SSSR count). The van der Waals surface area contributed by atoms with E-state index < -0.39 is 0 Å². The normalized spacial score (nSPS) is 10.2. The average molecular weight is 393 g/mol. The van der Waals surface area contributed by atoms with Gasteiger partial charge in [-0.1, -0.05) is 6.08 Å². The Hall–Kier alpha value is -1.64. The smallest absolute Gasteiger partial charge is 0.203 e. The molecule has 0 heterocycles. The van der Waals surface area contributed by atoms with Gasteiger partial charge in [0.1, 0.15) is 0 Å². The third-order valence-corrected chi connectivity index (χ3v) is 2.33. The zero-order valence-corrected chi connectivity index (χ0v) is 14.1. The van der Waals surface area contributed by atoms with Crippen molar-refractivity contribution in [3.8, 4) is 17.2 Å². The maximum Gasteiger partial charge on any atom is 0.203 e. The lowest BCUT2D eigenvalue weighted by Crippen LogP contribution is -2.22. The minimum Gasteiger partial charge on any atom is -0.493 e. The van der Waals surface area contributed by atoms with Gasteiger partial charge >= 0.3 is 0 Å². The molecule has 0 amide bonds. The van der Waals surface area contributed by atoms with Gasteiger partial charge in [0, 0.05) is 17.8 Å². The van der Waals surface area contributed by atoms with Crippen molar-refractivity contribution in [1.82, 2.24) is 0 Å². The van der Waals surface area contributed by atoms with Gasteiger partial charge in [0.15, 0.2) is 17.5 Å². The van der Waals surface area contributed by atoms with E-state index in [1.807, 2.05) is 0 Å². The van der Waals surface area contributed by atoms with E-state index in [0.29, 0.717) is 29.5 Å². The highest BCUT2D eigenvalue weighted by molar-refractivity contribution is 14.0. The van der Waals surface area contributed by atoms with Crippen molar-refractivity contribution in [3.63, 3.8) is 0 Å². The molecule has 1 aromatic rings. The van der Waals surface area contributed by atoms with E-state index in [1.165, 1.54) is 0 Å². The first-order chi connectivity index (χ1) is 9.15. The first-order valence-corrected chi connectivity index (χ1v) is 5.64. The molecule has 3 N–H and O–H groups in total. The van der Waals surface area contributed by atoms with Gasteiger partial charge in [0.25, 0.3) is 0 Å². The second-order valence-corrected chi connectivity index (χ2v) is 3.55.